The summed E-state index contributed by atoms with van der Waals surface area (Å²) in [5.41, 5.74) is 6.83. The third-order valence-corrected chi connectivity index (χ3v) is 3.72. The minimum Gasteiger partial charge on any atom is -0.491 e. The summed E-state index contributed by atoms with van der Waals surface area (Å²) in [4.78, 5) is 2.13. The van der Waals surface area contributed by atoms with Gasteiger partial charge in [0, 0.05) is 38.9 Å². The summed E-state index contributed by atoms with van der Waals surface area (Å²) in [7, 11) is 1.69. The standard InChI is InChI=1S/C16H25FN2O2/c1-20-9-2-3-10-21-16-7-6-13(17)11-15(16)19-8-4-5-14(18)12-19/h6-7,11,14H,2-5,8-10,12,18H2,1H3. The zero-order valence-corrected chi connectivity index (χ0v) is 12.7. The molecule has 0 aliphatic carbocycles. The molecule has 0 radical (unpaired) electrons. The molecule has 0 amide bonds. The smallest absolute Gasteiger partial charge is 0.142 e. The first-order valence-corrected chi connectivity index (χ1v) is 7.62. The van der Waals surface area contributed by atoms with Crippen molar-refractivity contribution >= 4 is 5.69 Å². The van der Waals surface area contributed by atoms with Gasteiger partial charge in [-0.25, -0.2) is 4.39 Å². The summed E-state index contributed by atoms with van der Waals surface area (Å²) in [5.74, 6) is 0.499. The maximum atomic E-state index is 13.6. The summed E-state index contributed by atoms with van der Waals surface area (Å²) >= 11 is 0. The van der Waals surface area contributed by atoms with Gasteiger partial charge in [-0.1, -0.05) is 0 Å². The Balaban J connectivity index is 1.99. The van der Waals surface area contributed by atoms with Gasteiger partial charge in [-0.05, 0) is 37.8 Å². The lowest BCUT2D eigenvalue weighted by Crippen LogP contribution is -2.43. The molecule has 2 rings (SSSR count). The van der Waals surface area contributed by atoms with Gasteiger partial charge in [0.2, 0.25) is 0 Å². The molecule has 1 aromatic carbocycles. The highest BCUT2D eigenvalue weighted by Gasteiger charge is 2.20. The van der Waals surface area contributed by atoms with E-state index in [0.29, 0.717) is 6.61 Å². The molecule has 1 unspecified atom stereocenters. The van der Waals surface area contributed by atoms with Gasteiger partial charge in [-0.15, -0.1) is 0 Å². The molecule has 1 aliphatic rings. The van der Waals surface area contributed by atoms with Crippen LogP contribution >= 0.6 is 0 Å². The molecule has 21 heavy (non-hydrogen) atoms. The van der Waals surface area contributed by atoms with Crippen molar-refractivity contribution in [3.05, 3.63) is 24.0 Å². The van der Waals surface area contributed by atoms with Crippen molar-refractivity contribution in [1.29, 1.82) is 0 Å². The van der Waals surface area contributed by atoms with E-state index in [1.54, 1.807) is 19.2 Å². The Hall–Kier alpha value is -1.33. The Morgan fingerprint density at radius 2 is 2.14 bits per heavy atom. The fourth-order valence-electron chi connectivity index (χ4n) is 2.62. The van der Waals surface area contributed by atoms with Crippen molar-refractivity contribution < 1.29 is 13.9 Å². The molecule has 1 heterocycles. The molecule has 1 atom stereocenters. The van der Waals surface area contributed by atoms with Crippen LogP contribution in [-0.4, -0.2) is 39.5 Å². The van der Waals surface area contributed by atoms with E-state index in [1.807, 2.05) is 0 Å². The molecule has 5 heteroatoms. The van der Waals surface area contributed by atoms with Crippen molar-refractivity contribution in [1.82, 2.24) is 0 Å². The van der Waals surface area contributed by atoms with Crippen LogP contribution in [0, 0.1) is 5.82 Å². The van der Waals surface area contributed by atoms with Gasteiger partial charge in [0.05, 0.1) is 12.3 Å². The molecule has 0 aromatic heterocycles. The van der Waals surface area contributed by atoms with Gasteiger partial charge < -0.3 is 20.1 Å². The first-order valence-electron chi connectivity index (χ1n) is 7.62. The van der Waals surface area contributed by atoms with Gasteiger partial charge in [0.15, 0.2) is 0 Å². The minimum atomic E-state index is -0.240. The zero-order valence-electron chi connectivity index (χ0n) is 12.7. The van der Waals surface area contributed by atoms with Gasteiger partial charge >= 0.3 is 0 Å². The summed E-state index contributed by atoms with van der Waals surface area (Å²) in [6.07, 6.45) is 3.94. The predicted molar refractivity (Wildman–Crippen MR) is 82.4 cm³/mol. The van der Waals surface area contributed by atoms with Crippen LogP contribution in [0.3, 0.4) is 0 Å². The molecule has 118 valence electrons. The third-order valence-electron chi connectivity index (χ3n) is 3.72. The van der Waals surface area contributed by atoms with E-state index >= 15 is 0 Å². The molecular weight excluding hydrogens is 271 g/mol. The van der Waals surface area contributed by atoms with Crippen molar-refractivity contribution in [2.45, 2.75) is 31.7 Å². The fourth-order valence-corrected chi connectivity index (χ4v) is 2.62. The first-order chi connectivity index (χ1) is 10.2. The topological polar surface area (TPSA) is 47.7 Å². The van der Waals surface area contributed by atoms with Gasteiger partial charge in [0.1, 0.15) is 11.6 Å². The van der Waals surface area contributed by atoms with Crippen LogP contribution in [-0.2, 0) is 4.74 Å². The molecule has 1 aliphatic heterocycles. The normalized spacial score (nSPS) is 18.8. The number of nitrogens with zero attached hydrogens (tertiary/aromatic N) is 1. The Kier molecular flexibility index (Phi) is 6.26. The predicted octanol–water partition coefficient (Wildman–Crippen LogP) is 2.56. The van der Waals surface area contributed by atoms with E-state index in [1.165, 1.54) is 6.07 Å². The number of hydrogen-bond acceptors (Lipinski definition) is 4. The number of methoxy groups -OCH3 is 1. The quantitative estimate of drug-likeness (QED) is 0.786. The lowest BCUT2D eigenvalue weighted by atomic mass is 10.1. The summed E-state index contributed by atoms with van der Waals surface area (Å²) < 4.78 is 24.4. The Bertz CT molecular complexity index is 442. The van der Waals surface area contributed by atoms with Crippen molar-refractivity contribution in [2.24, 2.45) is 5.73 Å². The molecule has 1 aromatic rings. The molecular formula is C16H25FN2O2. The third kappa shape index (κ3) is 4.86. The van der Waals surface area contributed by atoms with E-state index < -0.39 is 0 Å². The average molecular weight is 296 g/mol. The summed E-state index contributed by atoms with van der Waals surface area (Å²) in [6.45, 7) is 3.00. The molecule has 2 N–H and O–H groups in total. The molecule has 1 fully saturated rings. The Morgan fingerprint density at radius 3 is 2.90 bits per heavy atom. The van der Waals surface area contributed by atoms with Crippen LogP contribution < -0.4 is 15.4 Å². The Morgan fingerprint density at radius 1 is 1.33 bits per heavy atom. The second-order valence-corrected chi connectivity index (χ2v) is 5.51. The lowest BCUT2D eigenvalue weighted by molar-refractivity contribution is 0.184. The van der Waals surface area contributed by atoms with Crippen LogP contribution in [0.4, 0.5) is 10.1 Å². The van der Waals surface area contributed by atoms with E-state index in [-0.39, 0.29) is 11.9 Å². The van der Waals surface area contributed by atoms with Gasteiger partial charge in [0.25, 0.3) is 0 Å². The van der Waals surface area contributed by atoms with E-state index in [2.05, 4.69) is 4.90 Å². The number of anilines is 1. The SMILES string of the molecule is COCCCCOc1ccc(F)cc1N1CCCC(N)C1. The molecule has 0 bridgehead atoms. The van der Waals surface area contributed by atoms with E-state index in [9.17, 15) is 4.39 Å². The van der Waals surface area contributed by atoms with Crippen molar-refractivity contribution in [2.75, 3.05) is 38.3 Å². The highest BCUT2D eigenvalue weighted by atomic mass is 19.1. The monoisotopic (exact) mass is 296 g/mol. The summed E-state index contributed by atoms with van der Waals surface area (Å²) in [6, 6.07) is 4.85. The Labute approximate surface area is 126 Å². The highest BCUT2D eigenvalue weighted by molar-refractivity contribution is 5.59. The summed E-state index contributed by atoms with van der Waals surface area (Å²) in [5, 5.41) is 0. The molecule has 1 saturated heterocycles. The zero-order chi connectivity index (χ0) is 15.1. The maximum absolute atomic E-state index is 13.6. The number of nitrogens with two attached hydrogens (primary N) is 1. The number of unbranched alkanes of at least 4 members (excludes halogenated alkanes) is 1. The molecule has 0 spiro atoms. The number of piperidine rings is 1. The van der Waals surface area contributed by atoms with Gasteiger partial charge in [-0.3, -0.25) is 0 Å². The van der Waals surface area contributed by atoms with Crippen molar-refractivity contribution in [3.63, 3.8) is 0 Å². The lowest BCUT2D eigenvalue weighted by Gasteiger charge is -2.33. The second-order valence-electron chi connectivity index (χ2n) is 5.51. The largest absolute Gasteiger partial charge is 0.491 e. The van der Waals surface area contributed by atoms with Gasteiger partial charge in [-0.2, -0.15) is 0 Å². The van der Waals surface area contributed by atoms with Crippen LogP contribution in [0.15, 0.2) is 18.2 Å². The average Bonchev–Trinajstić information content (AvgIpc) is 2.48. The highest BCUT2D eigenvalue weighted by Crippen LogP contribution is 2.31. The van der Waals surface area contributed by atoms with E-state index in [0.717, 1.165) is 56.8 Å². The number of rotatable bonds is 7. The number of benzene rings is 1. The van der Waals surface area contributed by atoms with Crippen LogP contribution in [0.5, 0.6) is 5.75 Å². The number of hydrogen-bond donors (Lipinski definition) is 1. The molecule has 4 nitrogen and oxygen atoms in total. The maximum Gasteiger partial charge on any atom is 0.142 e. The van der Waals surface area contributed by atoms with Crippen LogP contribution in [0.2, 0.25) is 0 Å². The van der Waals surface area contributed by atoms with Crippen LogP contribution in [0.1, 0.15) is 25.7 Å². The molecule has 0 saturated carbocycles. The minimum absolute atomic E-state index is 0.150. The van der Waals surface area contributed by atoms with Crippen LogP contribution in [0.25, 0.3) is 0 Å². The number of ether oxygens (including phenoxy) is 2. The number of halogens is 1. The van der Waals surface area contributed by atoms with Crippen molar-refractivity contribution in [3.8, 4) is 5.75 Å². The van der Waals surface area contributed by atoms with E-state index in [4.69, 9.17) is 15.2 Å². The first kappa shape index (κ1) is 16.0. The fraction of sp³-hybridized carbons (Fsp3) is 0.625. The second kappa shape index (κ2) is 8.20.